The lowest BCUT2D eigenvalue weighted by molar-refractivity contribution is 0.101. The predicted molar refractivity (Wildman–Crippen MR) is 70.6 cm³/mol. The van der Waals surface area contributed by atoms with E-state index in [0.29, 0.717) is 17.2 Å². The van der Waals surface area contributed by atoms with E-state index in [0.717, 1.165) is 0 Å². The monoisotopic (exact) mass is 286 g/mol. The summed E-state index contributed by atoms with van der Waals surface area (Å²) >= 11 is 0. The van der Waals surface area contributed by atoms with Gasteiger partial charge >= 0.3 is 0 Å². The van der Waals surface area contributed by atoms with E-state index in [1.54, 1.807) is 29.8 Å². The lowest BCUT2D eigenvalue weighted by Gasteiger charge is -2.06. The summed E-state index contributed by atoms with van der Waals surface area (Å²) in [7, 11) is 0. The van der Waals surface area contributed by atoms with Crippen molar-refractivity contribution < 1.29 is 9.42 Å². The van der Waals surface area contributed by atoms with Crippen molar-refractivity contribution in [2.24, 2.45) is 0 Å². The van der Waals surface area contributed by atoms with Gasteiger partial charge in [-0.25, -0.2) is 4.63 Å². The van der Waals surface area contributed by atoms with Gasteiger partial charge in [0.2, 0.25) is 11.5 Å². The third-order valence-electron chi connectivity index (χ3n) is 2.70. The van der Waals surface area contributed by atoms with Crippen LogP contribution in [-0.4, -0.2) is 36.4 Å². The Hall–Kier alpha value is -3.30. The summed E-state index contributed by atoms with van der Waals surface area (Å²) < 4.78 is 5.93. The molecule has 0 radical (unpaired) electrons. The summed E-state index contributed by atoms with van der Waals surface area (Å²) in [6.45, 7) is 1.77. The van der Waals surface area contributed by atoms with Crippen molar-refractivity contribution in [2.45, 2.75) is 6.92 Å². The molecule has 0 atom stereocenters. The minimum atomic E-state index is -0.515. The number of aromatic nitrogens is 6. The number of aryl methyl sites for hydroxylation is 1. The van der Waals surface area contributed by atoms with Crippen LogP contribution in [-0.2, 0) is 0 Å². The van der Waals surface area contributed by atoms with Crippen LogP contribution in [0, 0.1) is 6.92 Å². The third kappa shape index (κ3) is 2.41. The van der Waals surface area contributed by atoms with Crippen molar-refractivity contribution in [1.29, 1.82) is 0 Å². The van der Waals surface area contributed by atoms with Gasteiger partial charge in [-0.15, -0.1) is 5.10 Å². The summed E-state index contributed by atoms with van der Waals surface area (Å²) in [4.78, 5) is 12.0. The van der Waals surface area contributed by atoms with E-state index in [1.165, 1.54) is 0 Å². The number of carbonyl (C=O) groups excluding carboxylic acids is 1. The molecule has 106 valence electrons. The number of nitrogens with zero attached hydrogens (tertiary/aromatic N) is 6. The van der Waals surface area contributed by atoms with Crippen LogP contribution in [0.3, 0.4) is 0 Å². The molecule has 3 N–H and O–H groups in total. The predicted octanol–water partition coefficient (Wildman–Crippen LogP) is 0.188. The quantitative estimate of drug-likeness (QED) is 0.695. The number of nitrogens with one attached hydrogen (secondary N) is 1. The topological polar surface area (TPSA) is 138 Å². The molecule has 1 aromatic carbocycles. The molecule has 0 aliphatic rings. The average Bonchev–Trinajstić information content (AvgIpc) is 3.07. The van der Waals surface area contributed by atoms with Gasteiger partial charge < -0.3 is 11.1 Å². The summed E-state index contributed by atoms with van der Waals surface area (Å²) in [6, 6.07) is 7.00. The molecule has 1 amide bonds. The standard InChI is InChI=1S/C11H10N8O2/c1-6-14-17-18-19(6)8-4-2-3-7(5-8)13-11(20)9-10(12)16-21-15-9/h2-5H,1H3,(H2,12,16)(H,13,20). The molecule has 21 heavy (non-hydrogen) atoms. The first-order valence-electron chi connectivity index (χ1n) is 5.90. The fourth-order valence-electron chi connectivity index (χ4n) is 1.73. The van der Waals surface area contributed by atoms with Crippen LogP contribution in [0.4, 0.5) is 11.5 Å². The van der Waals surface area contributed by atoms with Gasteiger partial charge in [0.25, 0.3) is 5.91 Å². The summed E-state index contributed by atoms with van der Waals surface area (Å²) in [5, 5.41) is 20.7. The van der Waals surface area contributed by atoms with E-state index in [2.05, 4.69) is 35.8 Å². The number of tetrazole rings is 1. The molecule has 0 aliphatic heterocycles. The Morgan fingerprint density at radius 3 is 2.90 bits per heavy atom. The minimum Gasteiger partial charge on any atom is -0.379 e. The van der Waals surface area contributed by atoms with Crippen LogP contribution >= 0.6 is 0 Å². The van der Waals surface area contributed by atoms with Crippen LogP contribution in [0.1, 0.15) is 16.3 Å². The van der Waals surface area contributed by atoms with E-state index in [9.17, 15) is 4.79 Å². The average molecular weight is 286 g/mol. The van der Waals surface area contributed by atoms with Crippen molar-refractivity contribution in [3.05, 3.63) is 35.8 Å². The molecule has 0 saturated carbocycles. The molecule has 0 fully saturated rings. The highest BCUT2D eigenvalue weighted by atomic mass is 16.6. The number of nitrogens with two attached hydrogens (primary N) is 1. The Labute approximate surface area is 117 Å². The second-order valence-corrected chi connectivity index (χ2v) is 4.14. The van der Waals surface area contributed by atoms with Crippen molar-refractivity contribution in [3.8, 4) is 5.69 Å². The molecule has 0 aliphatic carbocycles. The number of carbonyl (C=O) groups is 1. The first-order chi connectivity index (χ1) is 10.1. The smallest absolute Gasteiger partial charge is 0.281 e. The number of hydrogen-bond acceptors (Lipinski definition) is 8. The van der Waals surface area contributed by atoms with Gasteiger partial charge in [-0.05, 0) is 45.9 Å². The summed E-state index contributed by atoms with van der Waals surface area (Å²) in [5.41, 5.74) is 6.64. The summed E-state index contributed by atoms with van der Waals surface area (Å²) in [6.07, 6.45) is 0. The largest absolute Gasteiger partial charge is 0.379 e. The zero-order valence-corrected chi connectivity index (χ0v) is 10.9. The Morgan fingerprint density at radius 1 is 1.38 bits per heavy atom. The molecule has 0 saturated heterocycles. The van der Waals surface area contributed by atoms with E-state index in [-0.39, 0.29) is 11.5 Å². The maximum Gasteiger partial charge on any atom is 0.281 e. The lowest BCUT2D eigenvalue weighted by Crippen LogP contribution is -2.14. The van der Waals surface area contributed by atoms with Gasteiger partial charge in [-0.1, -0.05) is 6.07 Å². The highest BCUT2D eigenvalue weighted by molar-refractivity contribution is 6.05. The highest BCUT2D eigenvalue weighted by Crippen LogP contribution is 2.16. The fraction of sp³-hybridized carbons (Fsp3) is 0.0909. The summed E-state index contributed by atoms with van der Waals surface area (Å²) in [5.74, 6) is 0.0442. The molecule has 2 aromatic heterocycles. The number of nitrogen functional groups attached to an aromatic ring is 1. The zero-order valence-electron chi connectivity index (χ0n) is 10.9. The van der Waals surface area contributed by atoms with Gasteiger partial charge in [0.05, 0.1) is 5.69 Å². The lowest BCUT2D eigenvalue weighted by atomic mass is 10.2. The number of amides is 1. The van der Waals surface area contributed by atoms with Crippen LogP contribution in [0.15, 0.2) is 28.9 Å². The fourth-order valence-corrected chi connectivity index (χ4v) is 1.73. The van der Waals surface area contributed by atoms with Gasteiger partial charge in [0, 0.05) is 5.69 Å². The second-order valence-electron chi connectivity index (χ2n) is 4.14. The van der Waals surface area contributed by atoms with Crippen LogP contribution in [0.25, 0.3) is 5.69 Å². The normalized spacial score (nSPS) is 10.5. The number of hydrogen-bond donors (Lipinski definition) is 2. The minimum absolute atomic E-state index is 0.0695. The molecule has 0 bridgehead atoms. The first kappa shape index (κ1) is 12.7. The van der Waals surface area contributed by atoms with Crippen LogP contribution in [0.5, 0.6) is 0 Å². The van der Waals surface area contributed by atoms with E-state index < -0.39 is 5.91 Å². The van der Waals surface area contributed by atoms with E-state index >= 15 is 0 Å². The van der Waals surface area contributed by atoms with Gasteiger partial charge in [0.15, 0.2) is 5.82 Å². The highest BCUT2D eigenvalue weighted by Gasteiger charge is 2.16. The number of rotatable bonds is 3. The van der Waals surface area contributed by atoms with Crippen molar-refractivity contribution in [1.82, 2.24) is 30.5 Å². The molecular weight excluding hydrogens is 276 g/mol. The van der Waals surface area contributed by atoms with Gasteiger partial charge in [-0.2, -0.15) is 4.68 Å². The van der Waals surface area contributed by atoms with Gasteiger partial charge in [-0.3, -0.25) is 4.79 Å². The third-order valence-corrected chi connectivity index (χ3v) is 2.70. The van der Waals surface area contributed by atoms with Crippen molar-refractivity contribution in [2.75, 3.05) is 11.1 Å². The molecule has 10 nitrogen and oxygen atoms in total. The molecular formula is C11H10N8O2. The second kappa shape index (κ2) is 5.00. The molecule has 0 spiro atoms. The van der Waals surface area contributed by atoms with Crippen molar-refractivity contribution >= 4 is 17.4 Å². The Kier molecular flexibility index (Phi) is 3.03. The SMILES string of the molecule is Cc1nnnn1-c1cccc(NC(=O)c2nonc2N)c1. The maximum atomic E-state index is 12.0. The number of anilines is 2. The van der Waals surface area contributed by atoms with Crippen molar-refractivity contribution in [3.63, 3.8) is 0 Å². The number of benzene rings is 1. The molecule has 3 rings (SSSR count). The first-order valence-corrected chi connectivity index (χ1v) is 5.90. The van der Waals surface area contributed by atoms with Crippen LogP contribution in [0.2, 0.25) is 0 Å². The zero-order chi connectivity index (χ0) is 14.8. The molecule has 2 heterocycles. The van der Waals surface area contributed by atoms with E-state index in [1.807, 2.05) is 6.07 Å². The molecule has 0 unspecified atom stereocenters. The Morgan fingerprint density at radius 2 is 2.24 bits per heavy atom. The van der Waals surface area contributed by atoms with E-state index in [4.69, 9.17) is 5.73 Å². The molecule has 10 heteroatoms. The Balaban J connectivity index is 1.86. The van der Waals surface area contributed by atoms with Gasteiger partial charge in [0.1, 0.15) is 0 Å². The molecule has 3 aromatic rings. The van der Waals surface area contributed by atoms with Crippen LogP contribution < -0.4 is 11.1 Å². The maximum absolute atomic E-state index is 12.0. The Bertz CT molecular complexity index is 793.